The van der Waals surface area contributed by atoms with Crippen molar-refractivity contribution in [3.63, 3.8) is 0 Å². The third kappa shape index (κ3) is 3.40. The molecule has 1 aliphatic heterocycles. The summed E-state index contributed by atoms with van der Waals surface area (Å²) < 4.78 is 25.4. The van der Waals surface area contributed by atoms with Gasteiger partial charge in [0.1, 0.15) is 0 Å². The lowest BCUT2D eigenvalue weighted by Crippen LogP contribution is -2.13. The van der Waals surface area contributed by atoms with Gasteiger partial charge in [-0.05, 0) is 43.2 Å². The van der Waals surface area contributed by atoms with Gasteiger partial charge >= 0.3 is 0 Å². The maximum Gasteiger partial charge on any atom is 0.186 e. The van der Waals surface area contributed by atoms with Crippen molar-refractivity contribution < 1.29 is 13.2 Å². The second-order valence-corrected chi connectivity index (χ2v) is 9.54. The summed E-state index contributed by atoms with van der Waals surface area (Å²) in [5.74, 6) is 0.278. The van der Waals surface area contributed by atoms with Gasteiger partial charge in [0.2, 0.25) is 0 Å². The van der Waals surface area contributed by atoms with Crippen LogP contribution in [0.15, 0.2) is 48.5 Å². The van der Waals surface area contributed by atoms with Crippen molar-refractivity contribution in [2.75, 3.05) is 11.5 Å². The first-order chi connectivity index (χ1) is 13.4. The normalized spacial score (nSPS) is 18.9. The van der Waals surface area contributed by atoms with Gasteiger partial charge in [-0.15, -0.1) is 0 Å². The highest BCUT2D eigenvalue weighted by molar-refractivity contribution is 7.91. The van der Waals surface area contributed by atoms with Gasteiger partial charge in [-0.1, -0.05) is 42.5 Å². The molecule has 6 heteroatoms. The Balaban J connectivity index is 1.64. The maximum atomic E-state index is 12.8. The molecule has 1 aromatic heterocycles. The molecule has 144 valence electrons. The van der Waals surface area contributed by atoms with Gasteiger partial charge in [-0.2, -0.15) is 5.10 Å². The fraction of sp³-hybridized carbons (Fsp3) is 0.273. The summed E-state index contributed by atoms with van der Waals surface area (Å²) >= 11 is 0. The van der Waals surface area contributed by atoms with Crippen molar-refractivity contribution in [1.29, 1.82) is 0 Å². The van der Waals surface area contributed by atoms with Gasteiger partial charge in [0.25, 0.3) is 0 Å². The molecule has 2 heterocycles. The molecule has 2 aromatic carbocycles. The lowest BCUT2D eigenvalue weighted by atomic mass is 10.0. The van der Waals surface area contributed by atoms with Crippen LogP contribution in [-0.4, -0.2) is 35.5 Å². The minimum absolute atomic E-state index is 0.0632. The molecule has 4 rings (SSSR count). The molecule has 0 N–H and O–H groups in total. The highest BCUT2D eigenvalue weighted by Crippen LogP contribution is 2.27. The number of benzene rings is 2. The van der Waals surface area contributed by atoms with E-state index in [-0.39, 0.29) is 23.3 Å². The van der Waals surface area contributed by atoms with Gasteiger partial charge < -0.3 is 0 Å². The number of allylic oxidation sites excluding steroid dienone is 1. The smallest absolute Gasteiger partial charge is 0.186 e. The number of nitrogens with zero attached hydrogens (tertiary/aromatic N) is 2. The molecule has 1 saturated heterocycles. The minimum Gasteiger partial charge on any atom is -0.289 e. The van der Waals surface area contributed by atoms with Crippen molar-refractivity contribution in [3.05, 3.63) is 71.1 Å². The molecule has 28 heavy (non-hydrogen) atoms. The van der Waals surface area contributed by atoms with Crippen LogP contribution in [-0.2, 0) is 9.84 Å². The summed E-state index contributed by atoms with van der Waals surface area (Å²) in [5, 5.41) is 6.51. The Kier molecular flexibility index (Phi) is 4.67. The Morgan fingerprint density at radius 1 is 1.14 bits per heavy atom. The third-order valence-corrected chi connectivity index (χ3v) is 7.14. The minimum atomic E-state index is -2.98. The van der Waals surface area contributed by atoms with E-state index in [0.717, 1.165) is 27.7 Å². The van der Waals surface area contributed by atoms with Crippen LogP contribution in [0.2, 0.25) is 0 Å². The van der Waals surface area contributed by atoms with Crippen LogP contribution in [0.4, 0.5) is 0 Å². The average Bonchev–Trinajstić information content (AvgIpc) is 3.17. The van der Waals surface area contributed by atoms with E-state index in [4.69, 9.17) is 0 Å². The Labute approximate surface area is 164 Å². The van der Waals surface area contributed by atoms with E-state index < -0.39 is 9.84 Å². The zero-order chi connectivity index (χ0) is 19.9. The van der Waals surface area contributed by atoms with Crippen LogP contribution in [0.25, 0.3) is 16.8 Å². The van der Waals surface area contributed by atoms with Crippen LogP contribution < -0.4 is 0 Å². The van der Waals surface area contributed by atoms with Gasteiger partial charge in [-0.3, -0.25) is 9.48 Å². The molecule has 0 amide bonds. The van der Waals surface area contributed by atoms with Crippen LogP contribution in [0.5, 0.6) is 0 Å². The van der Waals surface area contributed by atoms with Crippen molar-refractivity contribution >= 4 is 32.5 Å². The summed E-state index contributed by atoms with van der Waals surface area (Å²) in [6, 6.07) is 13.4. The fourth-order valence-corrected chi connectivity index (χ4v) is 5.62. The molecule has 0 bridgehead atoms. The standard InChI is InChI=1S/C22H22N2O3S/c1-15-19(16(2)24(23-15)18-12-13-28(26,27)14-18)10-11-22(25)21-9-5-7-17-6-3-4-8-20(17)21/h3-11,18H,12-14H2,1-2H3/b11-10+/t18-/m1/s1. The Bertz CT molecular complexity index is 1200. The molecule has 1 fully saturated rings. The van der Waals surface area contributed by atoms with Gasteiger partial charge in [0, 0.05) is 16.8 Å². The first-order valence-corrected chi connectivity index (χ1v) is 11.1. The van der Waals surface area contributed by atoms with E-state index in [2.05, 4.69) is 5.10 Å². The number of carbonyl (C=O) groups excluding carboxylic acids is 1. The second kappa shape index (κ2) is 7.02. The summed E-state index contributed by atoms with van der Waals surface area (Å²) in [6.07, 6.45) is 3.96. The highest BCUT2D eigenvalue weighted by Gasteiger charge is 2.31. The molecular formula is C22H22N2O3S. The molecule has 0 aliphatic carbocycles. The highest BCUT2D eigenvalue weighted by atomic mass is 32.2. The predicted molar refractivity (Wildman–Crippen MR) is 111 cm³/mol. The van der Waals surface area contributed by atoms with E-state index >= 15 is 0 Å². The molecule has 1 atom stereocenters. The number of aromatic nitrogens is 2. The average molecular weight is 394 g/mol. The first-order valence-electron chi connectivity index (χ1n) is 9.32. The fourth-order valence-electron chi connectivity index (χ4n) is 3.93. The maximum absolute atomic E-state index is 12.8. The number of carbonyl (C=O) groups is 1. The van der Waals surface area contributed by atoms with Gasteiger partial charge in [-0.25, -0.2) is 8.42 Å². The topological polar surface area (TPSA) is 69.0 Å². The quantitative estimate of drug-likeness (QED) is 0.497. The number of fused-ring (bicyclic) bond motifs is 1. The number of ketones is 1. The lowest BCUT2D eigenvalue weighted by Gasteiger charge is -2.10. The monoisotopic (exact) mass is 394 g/mol. The Morgan fingerprint density at radius 2 is 1.89 bits per heavy atom. The van der Waals surface area contributed by atoms with E-state index in [9.17, 15) is 13.2 Å². The van der Waals surface area contributed by atoms with Crippen LogP contribution in [0, 0.1) is 13.8 Å². The Hall–Kier alpha value is -2.73. The lowest BCUT2D eigenvalue weighted by molar-refractivity contribution is 0.104. The van der Waals surface area contributed by atoms with Crippen molar-refractivity contribution in [1.82, 2.24) is 9.78 Å². The molecule has 1 aliphatic rings. The zero-order valence-corrected chi connectivity index (χ0v) is 16.7. The van der Waals surface area contributed by atoms with E-state index in [1.54, 1.807) is 12.2 Å². The Morgan fingerprint density at radius 3 is 2.64 bits per heavy atom. The van der Waals surface area contributed by atoms with Crippen molar-refractivity contribution in [2.24, 2.45) is 0 Å². The predicted octanol–water partition coefficient (Wildman–Crippen LogP) is 3.91. The van der Waals surface area contributed by atoms with Crippen LogP contribution in [0.3, 0.4) is 0 Å². The van der Waals surface area contributed by atoms with Gasteiger partial charge in [0.05, 0.1) is 23.2 Å². The van der Waals surface area contributed by atoms with Crippen molar-refractivity contribution in [2.45, 2.75) is 26.3 Å². The SMILES string of the molecule is Cc1nn([C@@H]2CCS(=O)(=O)C2)c(C)c1/C=C/C(=O)c1cccc2ccccc12. The van der Waals surface area contributed by atoms with E-state index in [1.807, 2.05) is 61.0 Å². The van der Waals surface area contributed by atoms with Crippen LogP contribution in [0.1, 0.15) is 39.8 Å². The first kappa shape index (κ1) is 18.6. The molecular weight excluding hydrogens is 372 g/mol. The number of hydrogen-bond donors (Lipinski definition) is 0. The molecule has 5 nitrogen and oxygen atoms in total. The summed E-state index contributed by atoms with van der Waals surface area (Å²) in [4.78, 5) is 12.8. The molecule has 0 spiro atoms. The third-order valence-electron chi connectivity index (χ3n) is 5.39. The van der Waals surface area contributed by atoms with E-state index in [1.165, 1.54) is 0 Å². The molecule has 0 unspecified atom stereocenters. The summed E-state index contributed by atoms with van der Waals surface area (Å²) in [6.45, 7) is 3.81. The van der Waals surface area contributed by atoms with E-state index in [0.29, 0.717) is 12.0 Å². The van der Waals surface area contributed by atoms with Crippen molar-refractivity contribution in [3.8, 4) is 0 Å². The molecule has 0 radical (unpaired) electrons. The number of hydrogen-bond acceptors (Lipinski definition) is 4. The number of aryl methyl sites for hydroxylation is 1. The zero-order valence-electron chi connectivity index (χ0n) is 15.9. The second-order valence-electron chi connectivity index (χ2n) is 7.31. The summed E-state index contributed by atoms with van der Waals surface area (Å²) in [7, 11) is -2.98. The van der Waals surface area contributed by atoms with Gasteiger partial charge in [0.15, 0.2) is 15.6 Å². The summed E-state index contributed by atoms with van der Waals surface area (Å²) in [5.41, 5.74) is 3.22. The largest absolute Gasteiger partial charge is 0.289 e. The molecule has 0 saturated carbocycles. The van der Waals surface area contributed by atoms with Crippen LogP contribution >= 0.6 is 0 Å². The number of rotatable bonds is 4. The molecule has 3 aromatic rings. The number of sulfone groups is 1.